The average Bonchev–Trinajstić information content (AvgIpc) is 2.45. The molecule has 0 aromatic carbocycles. The summed E-state index contributed by atoms with van der Waals surface area (Å²) in [7, 11) is 0. The minimum absolute atomic E-state index is 0.389. The maximum Gasteiger partial charge on any atom is 0.0624 e. The van der Waals surface area contributed by atoms with E-state index in [0.29, 0.717) is 30.5 Å². The van der Waals surface area contributed by atoms with E-state index in [9.17, 15) is 0 Å². The highest BCUT2D eigenvalue weighted by atomic mass is 15.3. The zero-order valence-corrected chi connectivity index (χ0v) is 14.2. The zero-order valence-electron chi connectivity index (χ0n) is 14.2. The van der Waals surface area contributed by atoms with E-state index in [1.807, 2.05) is 0 Å². The fraction of sp³-hybridized carbons (Fsp3) is 1.00. The van der Waals surface area contributed by atoms with E-state index in [2.05, 4.69) is 54.3 Å². The molecule has 5 nitrogen and oxygen atoms in total. The van der Waals surface area contributed by atoms with Gasteiger partial charge in [-0.25, -0.2) is 0 Å². The molecule has 21 heavy (non-hydrogen) atoms. The normalized spacial score (nSPS) is 41.1. The Morgan fingerprint density at radius 1 is 0.952 bits per heavy atom. The third kappa shape index (κ3) is 5.49. The number of hydrogen-bond acceptors (Lipinski definition) is 5. The van der Waals surface area contributed by atoms with Crippen LogP contribution in [0.1, 0.15) is 47.0 Å². The molecule has 0 radical (unpaired) electrons. The summed E-state index contributed by atoms with van der Waals surface area (Å²) in [5.41, 5.74) is 0. The molecule has 2 saturated heterocycles. The Morgan fingerprint density at radius 3 is 2.43 bits per heavy atom. The molecular weight excluding hydrogens is 262 g/mol. The highest BCUT2D eigenvalue weighted by Gasteiger charge is 2.29. The van der Waals surface area contributed by atoms with Gasteiger partial charge in [0.15, 0.2) is 0 Å². The molecule has 2 aliphatic rings. The van der Waals surface area contributed by atoms with E-state index in [1.54, 1.807) is 0 Å². The Kier molecular flexibility index (Phi) is 6.89. The second-order valence-electron chi connectivity index (χ2n) is 7.09. The van der Waals surface area contributed by atoms with Gasteiger partial charge in [-0.3, -0.25) is 10.6 Å². The van der Waals surface area contributed by atoms with Gasteiger partial charge in [-0.1, -0.05) is 13.8 Å². The molecule has 5 N–H and O–H groups in total. The van der Waals surface area contributed by atoms with E-state index in [4.69, 9.17) is 0 Å². The first-order chi connectivity index (χ1) is 10.1. The second kappa shape index (κ2) is 8.44. The van der Waals surface area contributed by atoms with Crippen molar-refractivity contribution < 1.29 is 0 Å². The maximum atomic E-state index is 3.67. The van der Waals surface area contributed by atoms with Crippen molar-refractivity contribution >= 4 is 0 Å². The fourth-order valence-corrected chi connectivity index (χ4v) is 3.34. The standard InChI is InChI=1S/C16H35N5/c1-11-6-7-15(19-10-11)17-8-5-9-18-16-12(2)13(3)20-14(4)21-16/h11-21H,5-10H2,1-4H3. The average molecular weight is 297 g/mol. The van der Waals surface area contributed by atoms with Crippen LogP contribution in [0.4, 0.5) is 0 Å². The molecule has 2 fully saturated rings. The van der Waals surface area contributed by atoms with Crippen molar-refractivity contribution in [3.05, 3.63) is 0 Å². The van der Waals surface area contributed by atoms with E-state index in [1.165, 1.54) is 19.3 Å². The van der Waals surface area contributed by atoms with E-state index < -0.39 is 0 Å². The molecule has 2 rings (SSSR count). The van der Waals surface area contributed by atoms with Crippen LogP contribution >= 0.6 is 0 Å². The lowest BCUT2D eigenvalue weighted by Crippen LogP contribution is -2.65. The van der Waals surface area contributed by atoms with Crippen molar-refractivity contribution in [2.75, 3.05) is 19.6 Å². The Balaban J connectivity index is 1.55. The van der Waals surface area contributed by atoms with Gasteiger partial charge < -0.3 is 16.0 Å². The summed E-state index contributed by atoms with van der Waals surface area (Å²) in [5, 5.41) is 18.0. The predicted molar refractivity (Wildman–Crippen MR) is 89.0 cm³/mol. The van der Waals surface area contributed by atoms with E-state index >= 15 is 0 Å². The molecule has 5 heteroatoms. The van der Waals surface area contributed by atoms with Crippen molar-refractivity contribution in [2.24, 2.45) is 11.8 Å². The van der Waals surface area contributed by atoms with E-state index in [0.717, 1.165) is 25.6 Å². The topological polar surface area (TPSA) is 60.1 Å². The molecule has 0 spiro atoms. The van der Waals surface area contributed by atoms with Gasteiger partial charge in [0.2, 0.25) is 0 Å². The van der Waals surface area contributed by atoms with Gasteiger partial charge in [0.05, 0.1) is 18.5 Å². The van der Waals surface area contributed by atoms with Gasteiger partial charge in [0.1, 0.15) is 0 Å². The molecular formula is C16H35N5. The van der Waals surface area contributed by atoms with Gasteiger partial charge >= 0.3 is 0 Å². The van der Waals surface area contributed by atoms with Crippen LogP contribution in [0.2, 0.25) is 0 Å². The van der Waals surface area contributed by atoms with Crippen molar-refractivity contribution in [1.82, 2.24) is 26.6 Å². The van der Waals surface area contributed by atoms with Gasteiger partial charge in [0, 0.05) is 6.04 Å². The van der Waals surface area contributed by atoms with Gasteiger partial charge in [0.25, 0.3) is 0 Å². The lowest BCUT2D eigenvalue weighted by Gasteiger charge is -2.40. The van der Waals surface area contributed by atoms with Crippen LogP contribution in [0.15, 0.2) is 0 Å². The van der Waals surface area contributed by atoms with Gasteiger partial charge in [-0.05, 0) is 64.6 Å². The Morgan fingerprint density at radius 2 is 1.71 bits per heavy atom. The highest BCUT2D eigenvalue weighted by Crippen LogP contribution is 2.13. The van der Waals surface area contributed by atoms with Crippen molar-refractivity contribution in [3.8, 4) is 0 Å². The van der Waals surface area contributed by atoms with Crippen LogP contribution in [0.3, 0.4) is 0 Å². The molecule has 0 aromatic rings. The Hall–Kier alpha value is -0.200. The molecule has 2 heterocycles. The molecule has 6 atom stereocenters. The molecule has 0 aromatic heterocycles. The second-order valence-corrected chi connectivity index (χ2v) is 7.09. The summed E-state index contributed by atoms with van der Waals surface area (Å²) in [6.45, 7) is 12.4. The minimum Gasteiger partial charge on any atom is -0.302 e. The number of rotatable bonds is 6. The van der Waals surface area contributed by atoms with Gasteiger partial charge in [-0.15, -0.1) is 0 Å². The molecule has 0 saturated carbocycles. The summed E-state index contributed by atoms with van der Waals surface area (Å²) in [5.74, 6) is 1.44. The molecule has 0 aliphatic carbocycles. The maximum absolute atomic E-state index is 3.67. The first-order valence-corrected chi connectivity index (χ1v) is 8.78. The van der Waals surface area contributed by atoms with Crippen molar-refractivity contribution in [1.29, 1.82) is 0 Å². The zero-order chi connectivity index (χ0) is 15.2. The van der Waals surface area contributed by atoms with Crippen molar-refractivity contribution in [3.63, 3.8) is 0 Å². The molecule has 0 bridgehead atoms. The summed E-state index contributed by atoms with van der Waals surface area (Å²) < 4.78 is 0. The van der Waals surface area contributed by atoms with Crippen LogP contribution in [0.5, 0.6) is 0 Å². The lowest BCUT2D eigenvalue weighted by atomic mass is 9.96. The smallest absolute Gasteiger partial charge is 0.0624 e. The summed E-state index contributed by atoms with van der Waals surface area (Å²) in [6, 6.07) is 0.560. The first kappa shape index (κ1) is 17.2. The number of hydrogen-bond donors (Lipinski definition) is 5. The molecule has 0 amide bonds. The number of nitrogens with one attached hydrogen (secondary N) is 5. The summed E-state index contributed by atoms with van der Waals surface area (Å²) in [4.78, 5) is 0. The van der Waals surface area contributed by atoms with Crippen LogP contribution in [-0.4, -0.2) is 44.2 Å². The van der Waals surface area contributed by atoms with Crippen molar-refractivity contribution in [2.45, 2.75) is 71.5 Å². The quantitative estimate of drug-likeness (QED) is 0.469. The van der Waals surface area contributed by atoms with Gasteiger partial charge in [-0.2, -0.15) is 0 Å². The summed E-state index contributed by atoms with van der Waals surface area (Å²) in [6.07, 6.45) is 5.11. The monoisotopic (exact) mass is 297 g/mol. The predicted octanol–water partition coefficient (Wildman–Crippen LogP) is 0.791. The highest BCUT2D eigenvalue weighted by molar-refractivity contribution is 4.87. The lowest BCUT2D eigenvalue weighted by molar-refractivity contribution is 0.165. The van der Waals surface area contributed by atoms with Crippen LogP contribution in [0, 0.1) is 11.8 Å². The SMILES string of the molecule is CC1CCC(NCCCNC2NC(C)NC(C)C2C)NC1. The largest absolute Gasteiger partial charge is 0.302 e. The molecule has 124 valence electrons. The number of piperidine rings is 1. The first-order valence-electron chi connectivity index (χ1n) is 8.78. The van der Waals surface area contributed by atoms with Crippen LogP contribution in [0.25, 0.3) is 0 Å². The third-order valence-electron chi connectivity index (χ3n) is 5.03. The minimum atomic E-state index is 0.389. The van der Waals surface area contributed by atoms with E-state index in [-0.39, 0.29) is 0 Å². The summed E-state index contributed by atoms with van der Waals surface area (Å²) >= 11 is 0. The Bertz CT molecular complexity index is 290. The Labute approximate surface area is 130 Å². The van der Waals surface area contributed by atoms with Crippen LogP contribution < -0.4 is 26.6 Å². The molecule has 6 unspecified atom stereocenters. The van der Waals surface area contributed by atoms with Crippen LogP contribution in [-0.2, 0) is 0 Å². The molecule has 2 aliphatic heterocycles. The third-order valence-corrected chi connectivity index (χ3v) is 5.03. The fourth-order valence-electron chi connectivity index (χ4n) is 3.34.